The van der Waals surface area contributed by atoms with Crippen molar-refractivity contribution < 1.29 is 0 Å². The number of fused-ring (bicyclic) bond motifs is 3. The smallest absolute Gasteiger partial charge is 0.285 e. The molecule has 0 spiro atoms. The second kappa shape index (κ2) is 7.47. The molecule has 0 bridgehead atoms. The summed E-state index contributed by atoms with van der Waals surface area (Å²) in [4.78, 5) is 31.9. The van der Waals surface area contributed by atoms with Crippen molar-refractivity contribution in [2.24, 2.45) is 0 Å². The number of aromatic nitrogens is 5. The summed E-state index contributed by atoms with van der Waals surface area (Å²) < 4.78 is 2.98. The van der Waals surface area contributed by atoms with Crippen molar-refractivity contribution in [2.45, 2.75) is 0 Å². The Bertz CT molecular complexity index is 1580. The molecule has 0 atom stereocenters. The van der Waals surface area contributed by atoms with Crippen molar-refractivity contribution in [3.8, 4) is 34.2 Å². The predicted octanol–water partition coefficient (Wildman–Crippen LogP) is 5.10. The van der Waals surface area contributed by atoms with E-state index in [0.29, 0.717) is 28.0 Å². The molecular weight excluding hydrogens is 418 g/mol. The van der Waals surface area contributed by atoms with Crippen LogP contribution in [0.5, 0.6) is 0 Å². The Hall–Kier alpha value is -4.23. The molecule has 152 valence electrons. The minimum Gasteiger partial charge on any atom is -0.291 e. The van der Waals surface area contributed by atoms with Crippen LogP contribution in [0.4, 0.5) is 0 Å². The molecule has 3 aromatic carbocycles. The molecule has 0 fully saturated rings. The van der Waals surface area contributed by atoms with Gasteiger partial charge in [-0.1, -0.05) is 84.1 Å². The lowest BCUT2D eigenvalue weighted by Crippen LogP contribution is -2.13. The van der Waals surface area contributed by atoms with E-state index in [2.05, 4.69) is 19.9 Å². The zero-order valence-corrected chi connectivity index (χ0v) is 17.5. The van der Waals surface area contributed by atoms with Crippen LogP contribution in [0, 0.1) is 0 Å². The van der Waals surface area contributed by atoms with Gasteiger partial charge in [0, 0.05) is 17.3 Å². The lowest BCUT2D eigenvalue weighted by Gasteiger charge is -2.08. The van der Waals surface area contributed by atoms with Crippen molar-refractivity contribution in [3.63, 3.8) is 0 Å². The Balaban J connectivity index is 1.62. The monoisotopic (exact) mass is 433 g/mol. The molecule has 0 amide bonds. The van der Waals surface area contributed by atoms with Crippen molar-refractivity contribution in [3.05, 3.63) is 101 Å². The first kappa shape index (κ1) is 18.5. The number of rotatable bonds is 3. The second-order valence-corrected chi connectivity index (χ2v) is 8.23. The van der Waals surface area contributed by atoms with E-state index in [1.165, 1.54) is 11.3 Å². The van der Waals surface area contributed by atoms with Gasteiger partial charge in [0.2, 0.25) is 0 Å². The molecule has 7 heteroatoms. The second-order valence-electron chi connectivity index (χ2n) is 7.22. The average Bonchev–Trinajstić information content (AvgIpc) is 3.21. The van der Waals surface area contributed by atoms with E-state index in [9.17, 15) is 4.79 Å². The van der Waals surface area contributed by atoms with Gasteiger partial charge in [0.05, 0.1) is 10.2 Å². The summed E-state index contributed by atoms with van der Waals surface area (Å²) in [5.74, 6) is 1.32. The maximum atomic E-state index is 13.0. The lowest BCUT2D eigenvalue weighted by molar-refractivity contribution is 1.05. The molecule has 0 aliphatic heterocycles. The Labute approximate surface area is 186 Å². The van der Waals surface area contributed by atoms with Gasteiger partial charge < -0.3 is 0 Å². The fourth-order valence-electron chi connectivity index (χ4n) is 3.61. The molecule has 3 heterocycles. The highest BCUT2D eigenvalue weighted by Crippen LogP contribution is 2.27. The molecular formula is C25H15N5OS. The van der Waals surface area contributed by atoms with Gasteiger partial charge in [0.1, 0.15) is 5.56 Å². The summed E-state index contributed by atoms with van der Waals surface area (Å²) in [5, 5.41) is 0. The third-order valence-corrected chi connectivity index (χ3v) is 6.19. The first-order valence-electron chi connectivity index (χ1n) is 10.0. The molecule has 3 aromatic heterocycles. The van der Waals surface area contributed by atoms with Crippen molar-refractivity contribution in [2.75, 3.05) is 0 Å². The van der Waals surface area contributed by atoms with E-state index in [0.717, 1.165) is 21.3 Å². The van der Waals surface area contributed by atoms with Crippen LogP contribution in [0.15, 0.2) is 95.9 Å². The van der Waals surface area contributed by atoms with Crippen molar-refractivity contribution >= 4 is 26.5 Å². The summed E-state index contributed by atoms with van der Waals surface area (Å²) in [6, 6.07) is 27.3. The van der Waals surface area contributed by atoms with E-state index in [-0.39, 0.29) is 5.56 Å². The van der Waals surface area contributed by atoms with Gasteiger partial charge in [0.25, 0.3) is 5.56 Å². The number of benzene rings is 3. The van der Waals surface area contributed by atoms with Gasteiger partial charge in [-0.3, -0.25) is 9.20 Å². The topological polar surface area (TPSA) is 73.0 Å². The molecule has 0 aliphatic rings. The van der Waals surface area contributed by atoms with Gasteiger partial charge in [-0.05, 0) is 12.1 Å². The molecule has 6 aromatic rings. The van der Waals surface area contributed by atoms with Crippen LogP contribution in [0.1, 0.15) is 0 Å². The van der Waals surface area contributed by atoms with Crippen LogP contribution in [-0.4, -0.2) is 24.3 Å². The molecule has 0 aliphatic carbocycles. The molecule has 32 heavy (non-hydrogen) atoms. The summed E-state index contributed by atoms with van der Waals surface area (Å²) in [5.41, 5.74) is 2.66. The number of para-hydroxylation sites is 1. The minimum absolute atomic E-state index is 0.305. The Morgan fingerprint density at radius 2 is 1.19 bits per heavy atom. The maximum Gasteiger partial charge on any atom is 0.285 e. The van der Waals surface area contributed by atoms with E-state index in [1.807, 2.05) is 89.3 Å². The predicted molar refractivity (Wildman–Crippen MR) is 127 cm³/mol. The fourth-order valence-corrected chi connectivity index (χ4v) is 4.60. The summed E-state index contributed by atoms with van der Waals surface area (Å²) >= 11 is 1.48. The molecule has 0 N–H and O–H groups in total. The van der Waals surface area contributed by atoms with Crippen LogP contribution in [-0.2, 0) is 0 Å². The van der Waals surface area contributed by atoms with Crippen molar-refractivity contribution in [1.82, 2.24) is 24.3 Å². The van der Waals surface area contributed by atoms with E-state index in [1.54, 1.807) is 6.20 Å². The van der Waals surface area contributed by atoms with Crippen LogP contribution in [0.3, 0.4) is 0 Å². The zero-order chi connectivity index (χ0) is 21.5. The highest BCUT2D eigenvalue weighted by Gasteiger charge is 2.17. The van der Waals surface area contributed by atoms with Gasteiger partial charge in [-0.25, -0.2) is 15.0 Å². The first-order chi connectivity index (χ1) is 15.8. The molecule has 6 nitrogen and oxygen atoms in total. The number of hydrogen-bond donors (Lipinski definition) is 0. The van der Waals surface area contributed by atoms with Crippen LogP contribution < -0.4 is 5.56 Å². The van der Waals surface area contributed by atoms with Gasteiger partial charge >= 0.3 is 0 Å². The van der Waals surface area contributed by atoms with Gasteiger partial charge in [-0.15, -0.1) is 0 Å². The standard InChI is InChI=1S/C25H15N5OS/c31-24-18(15-30-19-13-7-8-14-20(19)32-25(30)29-24)23-27-21(16-9-3-1-4-10-16)26-22(28-23)17-11-5-2-6-12-17/h1-15H. The number of hydrogen-bond acceptors (Lipinski definition) is 6. The number of thiazole rings is 1. The van der Waals surface area contributed by atoms with Gasteiger partial charge in [0.15, 0.2) is 22.4 Å². The molecule has 0 radical (unpaired) electrons. The SMILES string of the molecule is O=c1nc2sc3ccccc3n2cc1-c1nc(-c2ccccc2)nc(-c2ccccc2)n1. The van der Waals surface area contributed by atoms with Crippen LogP contribution in [0.25, 0.3) is 49.3 Å². The largest absolute Gasteiger partial charge is 0.291 e. The highest BCUT2D eigenvalue weighted by atomic mass is 32.1. The van der Waals surface area contributed by atoms with Gasteiger partial charge in [-0.2, -0.15) is 4.98 Å². The molecule has 0 saturated carbocycles. The molecule has 6 rings (SSSR count). The normalized spacial score (nSPS) is 11.2. The first-order valence-corrected chi connectivity index (χ1v) is 10.9. The maximum absolute atomic E-state index is 13.0. The third kappa shape index (κ3) is 3.16. The quantitative estimate of drug-likeness (QED) is 0.388. The van der Waals surface area contributed by atoms with E-state index >= 15 is 0 Å². The minimum atomic E-state index is -0.360. The van der Waals surface area contributed by atoms with E-state index < -0.39 is 0 Å². The van der Waals surface area contributed by atoms with Crippen molar-refractivity contribution in [1.29, 1.82) is 0 Å². The average molecular weight is 433 g/mol. The molecule has 0 saturated heterocycles. The Kier molecular flexibility index (Phi) is 4.33. The lowest BCUT2D eigenvalue weighted by atomic mass is 10.2. The summed E-state index contributed by atoms with van der Waals surface area (Å²) in [6.45, 7) is 0. The number of nitrogens with zero attached hydrogens (tertiary/aromatic N) is 5. The Morgan fingerprint density at radius 3 is 1.84 bits per heavy atom. The Morgan fingerprint density at radius 1 is 0.625 bits per heavy atom. The zero-order valence-electron chi connectivity index (χ0n) is 16.7. The van der Waals surface area contributed by atoms with E-state index in [4.69, 9.17) is 0 Å². The fraction of sp³-hybridized carbons (Fsp3) is 0. The van der Waals surface area contributed by atoms with Crippen LogP contribution in [0.2, 0.25) is 0 Å². The third-order valence-electron chi connectivity index (χ3n) is 5.16. The summed E-state index contributed by atoms with van der Waals surface area (Å²) in [6.07, 6.45) is 1.78. The summed E-state index contributed by atoms with van der Waals surface area (Å²) in [7, 11) is 0. The highest BCUT2D eigenvalue weighted by molar-refractivity contribution is 7.23. The molecule has 0 unspecified atom stereocenters. The van der Waals surface area contributed by atoms with Crippen LogP contribution >= 0.6 is 11.3 Å².